The van der Waals surface area contributed by atoms with Crippen LogP contribution in [0.4, 0.5) is 0 Å². The first kappa shape index (κ1) is 12.9. The minimum absolute atomic E-state index is 0.118. The average Bonchev–Trinajstić information content (AvgIpc) is 3.12. The molecule has 4 nitrogen and oxygen atoms in total. The fourth-order valence-electron chi connectivity index (χ4n) is 2.00. The number of hydrogen-bond acceptors (Lipinski definition) is 3. The molecule has 0 saturated heterocycles. The Hall–Kier alpha value is -1.55. The number of phenolic OH excluding ortho intramolecular Hbond substituents is 1. The maximum atomic E-state index is 12.0. The third-order valence-corrected chi connectivity index (χ3v) is 3.14. The van der Waals surface area contributed by atoms with E-state index in [9.17, 15) is 9.90 Å². The van der Waals surface area contributed by atoms with Crippen LogP contribution in [0.25, 0.3) is 0 Å². The van der Waals surface area contributed by atoms with Gasteiger partial charge in [-0.25, -0.2) is 0 Å². The lowest BCUT2D eigenvalue weighted by molar-refractivity contribution is -0.131. The summed E-state index contributed by atoms with van der Waals surface area (Å²) < 4.78 is 0. The highest BCUT2D eigenvalue weighted by atomic mass is 16.3. The number of carbonyl (C=O) groups is 1. The Morgan fingerprint density at radius 3 is 2.89 bits per heavy atom. The molecular weight excluding hydrogens is 228 g/mol. The molecule has 0 bridgehead atoms. The molecule has 0 atom stereocenters. The van der Waals surface area contributed by atoms with Gasteiger partial charge in [-0.1, -0.05) is 12.1 Å². The number of rotatable bonds is 6. The van der Waals surface area contributed by atoms with Crippen molar-refractivity contribution in [1.29, 1.82) is 0 Å². The van der Waals surface area contributed by atoms with Gasteiger partial charge in [0.2, 0.25) is 5.91 Å². The zero-order chi connectivity index (χ0) is 13.0. The number of phenols is 1. The number of amides is 1. The van der Waals surface area contributed by atoms with E-state index in [-0.39, 0.29) is 11.7 Å². The molecule has 0 spiro atoms. The smallest absolute Gasteiger partial charge is 0.236 e. The van der Waals surface area contributed by atoms with Gasteiger partial charge >= 0.3 is 0 Å². The van der Waals surface area contributed by atoms with Crippen LogP contribution < -0.4 is 5.32 Å². The second-order valence-electron chi connectivity index (χ2n) is 4.92. The van der Waals surface area contributed by atoms with Crippen molar-refractivity contribution < 1.29 is 9.90 Å². The number of likely N-dealkylation sites (N-methyl/N-ethyl adjacent to an activating group) is 1. The molecule has 4 heteroatoms. The van der Waals surface area contributed by atoms with Gasteiger partial charge in [-0.2, -0.15) is 0 Å². The van der Waals surface area contributed by atoms with Crippen LogP contribution in [-0.2, 0) is 11.3 Å². The lowest BCUT2D eigenvalue weighted by Crippen LogP contribution is -2.38. The topological polar surface area (TPSA) is 52.6 Å². The van der Waals surface area contributed by atoms with E-state index in [4.69, 9.17) is 0 Å². The molecule has 1 amide bonds. The van der Waals surface area contributed by atoms with Crippen molar-refractivity contribution in [2.45, 2.75) is 19.4 Å². The van der Waals surface area contributed by atoms with Crippen molar-refractivity contribution in [3.8, 4) is 5.75 Å². The highest BCUT2D eigenvalue weighted by Crippen LogP contribution is 2.30. The number of benzene rings is 1. The van der Waals surface area contributed by atoms with E-state index in [1.54, 1.807) is 19.2 Å². The van der Waals surface area contributed by atoms with Crippen molar-refractivity contribution in [3.63, 3.8) is 0 Å². The Kier molecular flexibility index (Phi) is 4.20. The van der Waals surface area contributed by atoms with Crippen molar-refractivity contribution in [1.82, 2.24) is 10.2 Å². The van der Waals surface area contributed by atoms with E-state index in [0.29, 0.717) is 19.0 Å². The molecule has 98 valence electrons. The van der Waals surface area contributed by atoms with Gasteiger partial charge in [-0.3, -0.25) is 4.79 Å². The molecule has 1 aromatic rings. The molecule has 0 unspecified atom stereocenters. The predicted molar refractivity (Wildman–Crippen MR) is 70.2 cm³/mol. The van der Waals surface area contributed by atoms with Crippen LogP contribution in [-0.4, -0.2) is 36.1 Å². The molecule has 1 aliphatic carbocycles. The molecule has 0 radical (unpaired) electrons. The van der Waals surface area contributed by atoms with Crippen LogP contribution in [0.5, 0.6) is 5.75 Å². The summed E-state index contributed by atoms with van der Waals surface area (Å²) in [6.45, 7) is 1.77. The SMILES string of the molecule is CNCC(=O)N(Cc1cccc(O)c1)CC1CC1. The first-order valence-corrected chi connectivity index (χ1v) is 6.39. The first-order valence-electron chi connectivity index (χ1n) is 6.39. The van der Waals surface area contributed by atoms with Gasteiger partial charge in [0.1, 0.15) is 5.75 Å². The maximum Gasteiger partial charge on any atom is 0.236 e. The van der Waals surface area contributed by atoms with Crippen molar-refractivity contribution in [3.05, 3.63) is 29.8 Å². The van der Waals surface area contributed by atoms with Crippen LogP contribution >= 0.6 is 0 Å². The number of aromatic hydroxyl groups is 1. The van der Waals surface area contributed by atoms with Crippen molar-refractivity contribution in [2.75, 3.05) is 20.1 Å². The Labute approximate surface area is 108 Å². The third kappa shape index (κ3) is 3.74. The Balaban J connectivity index is 2.01. The molecular formula is C14H20N2O2. The largest absolute Gasteiger partial charge is 0.508 e. The number of hydrogen-bond donors (Lipinski definition) is 2. The number of nitrogens with one attached hydrogen (secondary N) is 1. The average molecular weight is 248 g/mol. The highest BCUT2D eigenvalue weighted by molar-refractivity contribution is 5.78. The molecule has 0 aliphatic heterocycles. The van der Waals surface area contributed by atoms with Crippen LogP contribution in [0.15, 0.2) is 24.3 Å². The van der Waals surface area contributed by atoms with E-state index in [1.807, 2.05) is 17.0 Å². The van der Waals surface area contributed by atoms with Gasteiger partial charge < -0.3 is 15.3 Å². The quantitative estimate of drug-likeness (QED) is 0.799. The summed E-state index contributed by atoms with van der Waals surface area (Å²) in [6.07, 6.45) is 2.45. The molecule has 2 rings (SSSR count). The van der Waals surface area contributed by atoms with Crippen LogP contribution in [0.2, 0.25) is 0 Å². The lowest BCUT2D eigenvalue weighted by Gasteiger charge is -2.22. The second kappa shape index (κ2) is 5.87. The van der Waals surface area contributed by atoms with Crippen LogP contribution in [0, 0.1) is 5.92 Å². The Morgan fingerprint density at radius 1 is 1.50 bits per heavy atom. The van der Waals surface area contributed by atoms with Crippen molar-refractivity contribution >= 4 is 5.91 Å². The molecule has 0 heterocycles. The molecule has 0 aromatic heterocycles. The molecule has 2 N–H and O–H groups in total. The van der Waals surface area contributed by atoms with E-state index < -0.39 is 0 Å². The highest BCUT2D eigenvalue weighted by Gasteiger charge is 2.26. The summed E-state index contributed by atoms with van der Waals surface area (Å²) in [7, 11) is 1.78. The van der Waals surface area contributed by atoms with E-state index >= 15 is 0 Å². The molecule has 18 heavy (non-hydrogen) atoms. The van der Waals surface area contributed by atoms with E-state index in [2.05, 4.69) is 5.32 Å². The fourth-order valence-corrected chi connectivity index (χ4v) is 2.00. The second-order valence-corrected chi connectivity index (χ2v) is 4.92. The van der Waals surface area contributed by atoms with Gasteiger partial charge in [0.25, 0.3) is 0 Å². The van der Waals surface area contributed by atoms with Gasteiger partial charge in [-0.05, 0) is 43.5 Å². The molecule has 1 aromatic carbocycles. The van der Waals surface area contributed by atoms with E-state index in [1.165, 1.54) is 12.8 Å². The summed E-state index contributed by atoms with van der Waals surface area (Å²) >= 11 is 0. The lowest BCUT2D eigenvalue weighted by atomic mass is 10.2. The predicted octanol–water partition coefficient (Wildman–Crippen LogP) is 1.35. The minimum atomic E-state index is 0.118. The minimum Gasteiger partial charge on any atom is -0.508 e. The summed E-state index contributed by atoms with van der Waals surface area (Å²) in [5, 5.41) is 12.3. The monoisotopic (exact) mass is 248 g/mol. The van der Waals surface area contributed by atoms with E-state index in [0.717, 1.165) is 12.1 Å². The molecule has 1 saturated carbocycles. The summed E-state index contributed by atoms with van der Waals surface area (Å²) in [4.78, 5) is 13.9. The fraction of sp³-hybridized carbons (Fsp3) is 0.500. The van der Waals surface area contributed by atoms with Gasteiger partial charge in [0.15, 0.2) is 0 Å². The van der Waals surface area contributed by atoms with Gasteiger partial charge in [0, 0.05) is 13.1 Å². The number of carbonyl (C=O) groups excluding carboxylic acids is 1. The molecule has 1 fully saturated rings. The normalized spacial score (nSPS) is 14.5. The summed E-state index contributed by atoms with van der Waals surface area (Å²) in [6, 6.07) is 7.10. The number of nitrogens with zero attached hydrogens (tertiary/aromatic N) is 1. The van der Waals surface area contributed by atoms with Crippen LogP contribution in [0.3, 0.4) is 0 Å². The third-order valence-electron chi connectivity index (χ3n) is 3.14. The summed E-state index contributed by atoms with van der Waals surface area (Å²) in [5.74, 6) is 1.04. The van der Waals surface area contributed by atoms with Crippen molar-refractivity contribution in [2.24, 2.45) is 5.92 Å². The van der Waals surface area contributed by atoms with Crippen LogP contribution in [0.1, 0.15) is 18.4 Å². The zero-order valence-electron chi connectivity index (χ0n) is 10.7. The van der Waals surface area contributed by atoms with Gasteiger partial charge in [0.05, 0.1) is 6.54 Å². The Bertz CT molecular complexity index is 416. The first-order chi connectivity index (χ1) is 8.69. The van der Waals surface area contributed by atoms with Gasteiger partial charge in [-0.15, -0.1) is 0 Å². The Morgan fingerprint density at radius 2 is 2.28 bits per heavy atom. The standard InChI is InChI=1S/C14H20N2O2/c1-15-8-14(18)16(9-11-5-6-11)10-12-3-2-4-13(17)7-12/h2-4,7,11,15,17H,5-6,8-10H2,1H3. The summed E-state index contributed by atoms with van der Waals surface area (Å²) in [5.41, 5.74) is 0.972. The maximum absolute atomic E-state index is 12.0. The zero-order valence-corrected chi connectivity index (χ0v) is 10.7. The molecule has 1 aliphatic rings.